The number of aromatic nitrogens is 1. The van der Waals surface area contributed by atoms with Crippen LogP contribution in [0.25, 0.3) is 0 Å². The quantitative estimate of drug-likeness (QED) is 0.844. The maximum atomic E-state index is 12.2. The van der Waals surface area contributed by atoms with Crippen molar-refractivity contribution in [2.24, 2.45) is 5.41 Å². The van der Waals surface area contributed by atoms with E-state index in [2.05, 4.69) is 19.2 Å². The molecule has 0 aromatic carbocycles. The fraction of sp³-hybridized carbons (Fsp3) is 0.625. The highest BCUT2D eigenvalue weighted by Crippen LogP contribution is 2.36. The summed E-state index contributed by atoms with van der Waals surface area (Å²) in [6, 6.07) is 1.51. The summed E-state index contributed by atoms with van der Waals surface area (Å²) >= 11 is 0. The molecule has 1 amide bonds. The minimum atomic E-state index is -0.327. The lowest BCUT2D eigenvalue weighted by molar-refractivity contribution is -0.124. The van der Waals surface area contributed by atoms with Gasteiger partial charge < -0.3 is 14.6 Å². The number of nitrogens with one attached hydrogen (secondary N) is 1. The van der Waals surface area contributed by atoms with Crippen LogP contribution in [0.5, 0.6) is 0 Å². The van der Waals surface area contributed by atoms with E-state index in [-0.39, 0.29) is 23.1 Å². The van der Waals surface area contributed by atoms with Gasteiger partial charge in [0.25, 0.3) is 0 Å². The van der Waals surface area contributed by atoms with Crippen LogP contribution in [0.1, 0.15) is 49.3 Å². The van der Waals surface area contributed by atoms with Crippen molar-refractivity contribution in [3.05, 3.63) is 23.5 Å². The van der Waals surface area contributed by atoms with Gasteiger partial charge in [-0.05, 0) is 24.8 Å². The highest BCUT2D eigenvalue weighted by atomic mass is 16.5. The third-order valence-electron chi connectivity index (χ3n) is 4.01. The molecule has 2 rings (SSSR count). The molecule has 1 aliphatic rings. The number of methoxy groups -OCH3 is 1. The number of carbonyl (C=O) groups is 2. The number of fused-ring (bicyclic) bond motifs is 1. The fourth-order valence-electron chi connectivity index (χ4n) is 2.88. The van der Waals surface area contributed by atoms with Gasteiger partial charge in [0.1, 0.15) is 6.04 Å². The van der Waals surface area contributed by atoms with E-state index in [0.717, 1.165) is 17.7 Å². The van der Waals surface area contributed by atoms with Gasteiger partial charge in [0, 0.05) is 37.5 Å². The number of rotatable bonds is 5. The predicted molar refractivity (Wildman–Crippen MR) is 80.5 cm³/mol. The molecular formula is C16H24N2O3. The first kappa shape index (κ1) is 15.8. The van der Waals surface area contributed by atoms with Gasteiger partial charge in [-0.25, -0.2) is 0 Å². The second-order valence-electron chi connectivity index (χ2n) is 6.48. The van der Waals surface area contributed by atoms with Crippen LogP contribution < -0.4 is 5.32 Å². The van der Waals surface area contributed by atoms with Crippen LogP contribution in [-0.2, 0) is 16.0 Å². The Balaban J connectivity index is 2.18. The summed E-state index contributed by atoms with van der Waals surface area (Å²) in [5.74, 6) is 0.119. The third kappa shape index (κ3) is 3.35. The molecule has 0 saturated heterocycles. The second-order valence-corrected chi connectivity index (χ2v) is 6.48. The highest BCUT2D eigenvalue weighted by molar-refractivity contribution is 5.99. The number of hydrogen-bond acceptors (Lipinski definition) is 3. The summed E-state index contributed by atoms with van der Waals surface area (Å²) in [5, 5.41) is 2.84. The lowest BCUT2D eigenvalue weighted by atomic mass is 9.76. The number of amides is 1. The SMILES string of the molecule is COCCNC(=O)C(C)n1ccc2c1CC(C)(C)CC2=O. The molecule has 1 aliphatic carbocycles. The largest absolute Gasteiger partial charge is 0.383 e. The van der Waals surface area contributed by atoms with E-state index in [0.29, 0.717) is 19.6 Å². The monoisotopic (exact) mass is 292 g/mol. The molecule has 0 radical (unpaired) electrons. The van der Waals surface area contributed by atoms with Crippen molar-refractivity contribution in [2.45, 2.75) is 39.7 Å². The molecule has 5 heteroatoms. The Morgan fingerprint density at radius 3 is 2.86 bits per heavy atom. The van der Waals surface area contributed by atoms with E-state index in [1.807, 2.05) is 23.8 Å². The molecule has 1 aromatic rings. The minimum absolute atomic E-state index is 0.0492. The molecule has 0 fully saturated rings. The molecule has 0 aliphatic heterocycles. The summed E-state index contributed by atoms with van der Waals surface area (Å²) in [7, 11) is 1.60. The molecule has 21 heavy (non-hydrogen) atoms. The van der Waals surface area contributed by atoms with Crippen molar-refractivity contribution < 1.29 is 14.3 Å². The summed E-state index contributed by atoms with van der Waals surface area (Å²) in [4.78, 5) is 24.4. The van der Waals surface area contributed by atoms with Crippen LogP contribution in [0.2, 0.25) is 0 Å². The lowest BCUT2D eigenvalue weighted by Crippen LogP contribution is -2.35. The Hall–Kier alpha value is -1.62. The maximum absolute atomic E-state index is 12.2. The van der Waals surface area contributed by atoms with Gasteiger partial charge in [-0.3, -0.25) is 9.59 Å². The predicted octanol–water partition coefficient (Wildman–Crippen LogP) is 1.97. The molecule has 1 atom stereocenters. The summed E-state index contributed by atoms with van der Waals surface area (Å²) in [6.07, 6.45) is 3.24. The van der Waals surface area contributed by atoms with Gasteiger partial charge in [0.2, 0.25) is 5.91 Å². The van der Waals surface area contributed by atoms with E-state index in [4.69, 9.17) is 4.74 Å². The molecule has 1 unspecified atom stereocenters. The normalized spacial score (nSPS) is 18.2. The van der Waals surface area contributed by atoms with Crippen LogP contribution in [0.4, 0.5) is 0 Å². The number of nitrogens with zero attached hydrogens (tertiary/aromatic N) is 1. The minimum Gasteiger partial charge on any atom is -0.383 e. The molecule has 0 spiro atoms. The molecule has 0 bridgehead atoms. The number of Topliss-reactive ketones (excluding diaryl/α,β-unsaturated/α-hetero) is 1. The summed E-state index contributed by atoms with van der Waals surface area (Å²) < 4.78 is 6.86. The van der Waals surface area contributed by atoms with Crippen LogP contribution >= 0.6 is 0 Å². The lowest BCUT2D eigenvalue weighted by Gasteiger charge is -2.30. The van der Waals surface area contributed by atoms with Crippen molar-refractivity contribution in [3.63, 3.8) is 0 Å². The maximum Gasteiger partial charge on any atom is 0.242 e. The fourth-order valence-corrected chi connectivity index (χ4v) is 2.88. The van der Waals surface area contributed by atoms with Gasteiger partial charge in [-0.2, -0.15) is 0 Å². The number of ether oxygens (including phenoxy) is 1. The van der Waals surface area contributed by atoms with E-state index in [9.17, 15) is 9.59 Å². The first-order chi connectivity index (χ1) is 9.85. The first-order valence-corrected chi connectivity index (χ1v) is 7.35. The number of carbonyl (C=O) groups excluding carboxylic acids is 2. The van der Waals surface area contributed by atoms with Gasteiger partial charge in [0.15, 0.2) is 5.78 Å². The molecule has 0 saturated carbocycles. The van der Waals surface area contributed by atoms with Crippen molar-refractivity contribution in [1.82, 2.24) is 9.88 Å². The molecule has 116 valence electrons. The zero-order chi connectivity index (χ0) is 15.6. The number of hydrogen-bond donors (Lipinski definition) is 1. The zero-order valence-electron chi connectivity index (χ0n) is 13.2. The molecule has 1 aromatic heterocycles. The molecule has 1 heterocycles. The third-order valence-corrected chi connectivity index (χ3v) is 4.01. The van der Waals surface area contributed by atoms with Crippen molar-refractivity contribution in [2.75, 3.05) is 20.3 Å². The summed E-state index contributed by atoms with van der Waals surface area (Å²) in [5.41, 5.74) is 1.70. The van der Waals surface area contributed by atoms with Crippen molar-refractivity contribution in [1.29, 1.82) is 0 Å². The average Bonchev–Trinajstić information content (AvgIpc) is 2.80. The molecule has 1 N–H and O–H groups in total. The van der Waals surface area contributed by atoms with Gasteiger partial charge in [-0.15, -0.1) is 0 Å². The van der Waals surface area contributed by atoms with Crippen molar-refractivity contribution >= 4 is 11.7 Å². The van der Waals surface area contributed by atoms with Crippen LogP contribution in [0.3, 0.4) is 0 Å². The Kier molecular flexibility index (Phi) is 4.52. The number of ketones is 1. The first-order valence-electron chi connectivity index (χ1n) is 7.35. The Labute approximate surface area is 125 Å². The van der Waals surface area contributed by atoms with E-state index in [1.165, 1.54) is 0 Å². The Morgan fingerprint density at radius 2 is 2.19 bits per heavy atom. The van der Waals surface area contributed by atoms with E-state index in [1.54, 1.807) is 7.11 Å². The average molecular weight is 292 g/mol. The Morgan fingerprint density at radius 1 is 1.48 bits per heavy atom. The second kappa shape index (κ2) is 6.02. The Bertz CT molecular complexity index is 546. The van der Waals surface area contributed by atoms with E-state index < -0.39 is 0 Å². The van der Waals surface area contributed by atoms with Crippen LogP contribution in [-0.4, -0.2) is 36.5 Å². The highest BCUT2D eigenvalue weighted by Gasteiger charge is 2.34. The van der Waals surface area contributed by atoms with E-state index >= 15 is 0 Å². The van der Waals surface area contributed by atoms with Crippen LogP contribution in [0.15, 0.2) is 12.3 Å². The zero-order valence-corrected chi connectivity index (χ0v) is 13.2. The van der Waals surface area contributed by atoms with Gasteiger partial charge in [0.05, 0.1) is 6.61 Å². The van der Waals surface area contributed by atoms with Gasteiger partial charge >= 0.3 is 0 Å². The summed E-state index contributed by atoms with van der Waals surface area (Å²) in [6.45, 7) is 7.03. The van der Waals surface area contributed by atoms with Crippen LogP contribution in [0, 0.1) is 5.41 Å². The van der Waals surface area contributed by atoms with Gasteiger partial charge in [-0.1, -0.05) is 13.8 Å². The smallest absolute Gasteiger partial charge is 0.242 e. The topological polar surface area (TPSA) is 60.3 Å². The molecule has 5 nitrogen and oxygen atoms in total. The molecular weight excluding hydrogens is 268 g/mol. The standard InChI is InChI=1S/C16H24N2O3/c1-11(15(20)17-6-8-21-4)18-7-5-12-13(18)9-16(2,3)10-14(12)19/h5,7,11H,6,8-10H2,1-4H3,(H,17,20). The van der Waals surface area contributed by atoms with Crippen molar-refractivity contribution in [3.8, 4) is 0 Å².